The van der Waals surface area contributed by atoms with Crippen molar-refractivity contribution in [2.75, 3.05) is 55.9 Å². The number of esters is 1. The fourth-order valence-corrected chi connectivity index (χ4v) is 6.53. The molecular weight excluding hydrogens is 570 g/mol. The number of carbonyl (C=O) groups is 2. The van der Waals surface area contributed by atoms with Gasteiger partial charge in [-0.15, -0.1) is 0 Å². The van der Waals surface area contributed by atoms with Crippen LogP contribution >= 0.6 is 0 Å². The van der Waals surface area contributed by atoms with Crippen molar-refractivity contribution in [1.82, 2.24) is 19.4 Å². The van der Waals surface area contributed by atoms with Gasteiger partial charge in [-0.3, -0.25) is 4.79 Å². The molecule has 0 aliphatic carbocycles. The van der Waals surface area contributed by atoms with E-state index in [1.54, 1.807) is 21.0 Å². The summed E-state index contributed by atoms with van der Waals surface area (Å²) in [4.78, 5) is 39.7. The lowest BCUT2D eigenvalue weighted by molar-refractivity contribution is -0.111. The second-order valence-corrected chi connectivity index (χ2v) is 12.1. The fraction of sp³-hybridized carbons (Fsp3) is 0.353. The predicted octanol–water partition coefficient (Wildman–Crippen LogP) is 5.08. The number of nitrogens with zero attached hydrogens (tertiary/aromatic N) is 5. The van der Waals surface area contributed by atoms with Crippen molar-refractivity contribution in [3.8, 4) is 17.0 Å². The van der Waals surface area contributed by atoms with Gasteiger partial charge in [0.2, 0.25) is 11.9 Å². The molecule has 2 aromatic heterocycles. The van der Waals surface area contributed by atoms with E-state index in [9.17, 15) is 9.59 Å². The van der Waals surface area contributed by atoms with Gasteiger partial charge in [0, 0.05) is 68.2 Å². The Kier molecular flexibility index (Phi) is 8.20. The number of ether oxygens (including phenoxy) is 2. The van der Waals surface area contributed by atoms with Gasteiger partial charge in [-0.1, -0.05) is 24.8 Å². The summed E-state index contributed by atoms with van der Waals surface area (Å²) in [5.74, 6) is 1.15. The van der Waals surface area contributed by atoms with E-state index in [1.165, 1.54) is 12.3 Å². The number of anilines is 4. The Morgan fingerprint density at radius 3 is 2.49 bits per heavy atom. The van der Waals surface area contributed by atoms with Crippen LogP contribution in [0.5, 0.6) is 5.75 Å². The monoisotopic (exact) mass is 609 g/mol. The van der Waals surface area contributed by atoms with Crippen molar-refractivity contribution in [3.63, 3.8) is 0 Å². The van der Waals surface area contributed by atoms with Crippen molar-refractivity contribution in [1.29, 1.82) is 0 Å². The largest absolute Gasteiger partial charge is 0.494 e. The minimum atomic E-state index is -0.502. The number of methoxy groups -OCH3 is 1. The third kappa shape index (κ3) is 5.95. The molecule has 234 valence electrons. The molecule has 0 spiro atoms. The summed E-state index contributed by atoms with van der Waals surface area (Å²) in [6, 6.07) is 11.7. The summed E-state index contributed by atoms with van der Waals surface area (Å²) in [6.45, 7) is 11.2. The van der Waals surface area contributed by atoms with Crippen LogP contribution in [0.25, 0.3) is 22.2 Å². The minimum Gasteiger partial charge on any atom is -0.494 e. The molecule has 45 heavy (non-hydrogen) atoms. The molecule has 2 atom stereocenters. The summed E-state index contributed by atoms with van der Waals surface area (Å²) >= 11 is 0. The molecule has 4 heterocycles. The minimum absolute atomic E-state index is 0.254. The first kappa shape index (κ1) is 30.1. The van der Waals surface area contributed by atoms with E-state index >= 15 is 0 Å². The number of nitrogens with one attached hydrogen (secondary N) is 2. The number of rotatable bonds is 9. The Morgan fingerprint density at radius 2 is 1.80 bits per heavy atom. The van der Waals surface area contributed by atoms with Gasteiger partial charge in [0.15, 0.2) is 0 Å². The quantitative estimate of drug-likeness (QED) is 0.198. The smallest absolute Gasteiger partial charge is 0.342 e. The second kappa shape index (κ2) is 12.2. The SMILES string of the molecule is C=CC(=O)Nc1cc(Nc2ncc(C(=O)OC(C)C)c(-c3cn(C)c4ccccc34)n2)c(OC)cc1N1C[C@H]2CN(C)C[C@H]2C1. The average Bonchev–Trinajstić information content (AvgIpc) is 3.67. The van der Waals surface area contributed by atoms with Crippen LogP contribution in [-0.4, -0.2) is 77.8 Å². The number of amides is 1. The van der Waals surface area contributed by atoms with E-state index in [4.69, 9.17) is 14.5 Å². The predicted molar refractivity (Wildman–Crippen MR) is 176 cm³/mol. The number of aromatic nitrogens is 3. The van der Waals surface area contributed by atoms with Gasteiger partial charge in [-0.25, -0.2) is 14.8 Å². The average molecular weight is 610 g/mol. The van der Waals surface area contributed by atoms with Crippen molar-refractivity contribution in [2.45, 2.75) is 20.0 Å². The molecule has 0 radical (unpaired) electrons. The van der Waals surface area contributed by atoms with Crippen molar-refractivity contribution >= 4 is 45.8 Å². The number of fused-ring (bicyclic) bond motifs is 2. The highest BCUT2D eigenvalue weighted by Crippen LogP contribution is 2.42. The molecular formula is C34H39N7O4. The molecule has 6 rings (SSSR count). The summed E-state index contributed by atoms with van der Waals surface area (Å²) in [7, 11) is 5.72. The molecule has 11 heteroatoms. The van der Waals surface area contributed by atoms with Gasteiger partial charge >= 0.3 is 5.97 Å². The maximum absolute atomic E-state index is 13.2. The molecule has 2 aliphatic heterocycles. The fourth-order valence-electron chi connectivity index (χ4n) is 6.53. The van der Waals surface area contributed by atoms with Crippen molar-refractivity contribution in [3.05, 3.63) is 67.0 Å². The molecule has 2 saturated heterocycles. The number of carbonyl (C=O) groups excluding carboxylic acids is 2. The Labute approximate surface area is 262 Å². The van der Waals surface area contributed by atoms with E-state index in [2.05, 4.69) is 39.0 Å². The lowest BCUT2D eigenvalue weighted by atomic mass is 10.0. The summed E-state index contributed by atoms with van der Waals surface area (Å²) in [5, 5.41) is 7.21. The first-order valence-electron chi connectivity index (χ1n) is 15.1. The highest BCUT2D eigenvalue weighted by Gasteiger charge is 2.39. The molecule has 2 aliphatic rings. The Morgan fingerprint density at radius 1 is 1.07 bits per heavy atom. The summed E-state index contributed by atoms with van der Waals surface area (Å²) in [5.41, 5.74) is 4.55. The highest BCUT2D eigenvalue weighted by atomic mass is 16.5. The maximum atomic E-state index is 13.2. The second-order valence-electron chi connectivity index (χ2n) is 12.1. The first-order chi connectivity index (χ1) is 21.6. The molecule has 0 bridgehead atoms. The van der Waals surface area contributed by atoms with Crippen LogP contribution in [0.15, 0.2) is 61.4 Å². The van der Waals surface area contributed by atoms with E-state index in [-0.39, 0.29) is 23.5 Å². The molecule has 2 fully saturated rings. The van der Waals surface area contributed by atoms with Crippen molar-refractivity contribution in [2.24, 2.45) is 18.9 Å². The number of hydrogen-bond donors (Lipinski definition) is 2. The Balaban J connectivity index is 1.40. The zero-order chi connectivity index (χ0) is 31.8. The number of benzene rings is 2. The molecule has 1 amide bonds. The van der Waals surface area contributed by atoms with E-state index in [0.29, 0.717) is 34.7 Å². The molecule has 2 aromatic carbocycles. The number of likely N-dealkylation sites (tertiary alicyclic amines) is 1. The zero-order valence-electron chi connectivity index (χ0n) is 26.3. The molecule has 11 nitrogen and oxygen atoms in total. The van der Waals surface area contributed by atoms with Crippen molar-refractivity contribution < 1.29 is 19.1 Å². The zero-order valence-corrected chi connectivity index (χ0v) is 26.3. The molecule has 0 unspecified atom stereocenters. The highest BCUT2D eigenvalue weighted by molar-refractivity contribution is 6.04. The molecule has 2 N–H and O–H groups in total. The van der Waals surface area contributed by atoms with Crippen LogP contribution in [0, 0.1) is 11.8 Å². The third-order valence-corrected chi connectivity index (χ3v) is 8.52. The van der Waals surface area contributed by atoms with E-state index < -0.39 is 5.97 Å². The topological polar surface area (TPSA) is 114 Å². The number of aryl methyl sites for hydroxylation is 1. The van der Waals surface area contributed by atoms with E-state index in [0.717, 1.165) is 48.3 Å². The summed E-state index contributed by atoms with van der Waals surface area (Å²) < 4.78 is 13.4. The standard InChI is InChI=1S/C34H39N7O4/c1-7-31(42)36-26-12-27(30(44-6)13-29(26)41-17-21-15-39(4)16-22(21)18-41)37-34-35-14-24(33(43)45-20(2)3)32(38-34)25-19-40(5)28-11-9-8-10-23(25)28/h7-14,19-22H,1,15-18H2,2-6H3,(H,36,42)(H,35,37,38)/t21-,22+. The maximum Gasteiger partial charge on any atom is 0.342 e. The van der Waals surface area contributed by atoms with Gasteiger partial charge in [0.25, 0.3) is 0 Å². The van der Waals surface area contributed by atoms with Crippen LogP contribution in [-0.2, 0) is 16.6 Å². The van der Waals surface area contributed by atoms with Gasteiger partial charge in [-0.2, -0.15) is 0 Å². The van der Waals surface area contributed by atoms with Crippen LogP contribution < -0.4 is 20.3 Å². The van der Waals surface area contributed by atoms with Crippen LogP contribution in [0.3, 0.4) is 0 Å². The third-order valence-electron chi connectivity index (χ3n) is 8.52. The van der Waals surface area contributed by atoms with Crippen LogP contribution in [0.4, 0.5) is 23.0 Å². The molecule has 0 saturated carbocycles. The van der Waals surface area contributed by atoms with Gasteiger partial charge in [0.1, 0.15) is 11.3 Å². The van der Waals surface area contributed by atoms with Gasteiger partial charge in [0.05, 0.1) is 36.0 Å². The Hall–Kier alpha value is -4.90. The van der Waals surface area contributed by atoms with Crippen LogP contribution in [0.1, 0.15) is 24.2 Å². The normalized spacial score (nSPS) is 17.9. The first-order valence-corrected chi connectivity index (χ1v) is 15.1. The lowest BCUT2D eigenvalue weighted by Gasteiger charge is -2.26. The number of hydrogen-bond acceptors (Lipinski definition) is 9. The summed E-state index contributed by atoms with van der Waals surface area (Å²) in [6.07, 6.45) is 4.38. The van der Waals surface area contributed by atoms with Gasteiger partial charge < -0.3 is 34.5 Å². The Bertz CT molecular complexity index is 1770. The van der Waals surface area contributed by atoms with Crippen LogP contribution in [0.2, 0.25) is 0 Å². The van der Waals surface area contributed by atoms with Gasteiger partial charge in [-0.05, 0) is 50.9 Å². The number of para-hydroxylation sites is 1. The van der Waals surface area contributed by atoms with E-state index in [1.807, 2.05) is 54.2 Å². The molecule has 4 aromatic rings. The lowest BCUT2D eigenvalue weighted by Crippen LogP contribution is -2.27.